The van der Waals surface area contributed by atoms with Crippen LogP contribution in [-0.4, -0.2) is 33.1 Å². The molecule has 3 rings (SSSR count). The Morgan fingerprint density at radius 1 is 1.25 bits per heavy atom. The summed E-state index contributed by atoms with van der Waals surface area (Å²) in [6.45, 7) is 12.8. The van der Waals surface area contributed by atoms with Crippen molar-refractivity contribution in [3.8, 4) is 0 Å². The summed E-state index contributed by atoms with van der Waals surface area (Å²) in [6, 6.07) is 0. The Kier molecular flexibility index (Phi) is 8.28. The van der Waals surface area contributed by atoms with Crippen molar-refractivity contribution in [3.05, 3.63) is 47.1 Å². The predicted molar refractivity (Wildman–Crippen MR) is 133 cm³/mol. The van der Waals surface area contributed by atoms with Gasteiger partial charge in [0, 0.05) is 6.42 Å². The molecular formula is C29H46O3. The van der Waals surface area contributed by atoms with E-state index in [0.29, 0.717) is 24.7 Å². The van der Waals surface area contributed by atoms with Crippen LogP contribution in [-0.2, 0) is 0 Å². The third-order valence-electron chi connectivity index (χ3n) is 8.32. The summed E-state index contributed by atoms with van der Waals surface area (Å²) >= 11 is 0. The normalized spacial score (nSPS) is 35.4. The molecule has 0 unspecified atom stereocenters. The van der Waals surface area contributed by atoms with Crippen LogP contribution < -0.4 is 0 Å². The van der Waals surface area contributed by atoms with E-state index in [9.17, 15) is 15.3 Å². The van der Waals surface area contributed by atoms with Gasteiger partial charge in [-0.25, -0.2) is 0 Å². The molecule has 0 aromatic heterocycles. The fourth-order valence-corrected chi connectivity index (χ4v) is 6.50. The number of hydrogen-bond donors (Lipinski definition) is 3. The molecule has 2 fully saturated rings. The summed E-state index contributed by atoms with van der Waals surface area (Å²) in [5, 5.41) is 30.4. The van der Waals surface area contributed by atoms with E-state index in [1.54, 1.807) is 5.57 Å². The van der Waals surface area contributed by atoms with Gasteiger partial charge >= 0.3 is 0 Å². The standard InChI is InChI=1S/C29H46O3/c1-20(10-8-16-28(3,4)32)25-12-6-7-13-26-22(11-9-17-29(25,26)5)14-15-23-18-24(30)19-27(31)21(23)2/h12,14-15,20,24,26-27,30-32H,2,6-11,13,16-19H2,1,3-5H3/b22-14+,23-15-/t20-,24-,26+,27+,29-/m1/s1. The summed E-state index contributed by atoms with van der Waals surface area (Å²) in [7, 11) is 0. The monoisotopic (exact) mass is 442 g/mol. The smallest absolute Gasteiger partial charge is 0.0811 e. The van der Waals surface area contributed by atoms with Crippen molar-refractivity contribution in [2.24, 2.45) is 17.3 Å². The first-order valence-corrected chi connectivity index (χ1v) is 12.9. The molecule has 180 valence electrons. The highest BCUT2D eigenvalue weighted by molar-refractivity contribution is 5.39. The molecule has 3 N–H and O–H groups in total. The van der Waals surface area contributed by atoms with Gasteiger partial charge < -0.3 is 15.3 Å². The molecule has 0 saturated heterocycles. The Bertz CT molecular complexity index is 766. The molecule has 32 heavy (non-hydrogen) atoms. The second-order valence-corrected chi connectivity index (χ2v) is 11.6. The molecule has 0 heterocycles. The number of hydrogen-bond acceptors (Lipinski definition) is 3. The zero-order valence-corrected chi connectivity index (χ0v) is 20.9. The van der Waals surface area contributed by atoms with Gasteiger partial charge in [0.1, 0.15) is 0 Å². The lowest BCUT2D eigenvalue weighted by molar-refractivity contribution is 0.0669. The highest BCUT2D eigenvalue weighted by atomic mass is 16.3. The molecule has 0 bridgehead atoms. The number of aliphatic hydroxyl groups excluding tert-OH is 2. The Morgan fingerprint density at radius 3 is 2.72 bits per heavy atom. The molecule has 0 aromatic rings. The summed E-state index contributed by atoms with van der Waals surface area (Å²) in [5.74, 6) is 1.11. The van der Waals surface area contributed by atoms with Crippen molar-refractivity contribution in [3.63, 3.8) is 0 Å². The largest absolute Gasteiger partial charge is 0.393 e. The van der Waals surface area contributed by atoms with Crippen molar-refractivity contribution in [1.29, 1.82) is 0 Å². The van der Waals surface area contributed by atoms with Gasteiger partial charge in [-0.3, -0.25) is 0 Å². The molecule has 0 aromatic carbocycles. The second-order valence-electron chi connectivity index (χ2n) is 11.6. The van der Waals surface area contributed by atoms with Crippen LogP contribution in [0.15, 0.2) is 47.1 Å². The van der Waals surface area contributed by atoms with Crippen LogP contribution in [0.3, 0.4) is 0 Å². The molecular weight excluding hydrogens is 396 g/mol. The van der Waals surface area contributed by atoms with Crippen molar-refractivity contribution in [2.75, 3.05) is 0 Å². The fourth-order valence-electron chi connectivity index (χ4n) is 6.50. The number of rotatable bonds is 6. The van der Waals surface area contributed by atoms with Crippen LogP contribution in [0.4, 0.5) is 0 Å². The third kappa shape index (κ3) is 6.04. The summed E-state index contributed by atoms with van der Waals surface area (Å²) in [6.07, 6.45) is 17.1. The van der Waals surface area contributed by atoms with E-state index in [-0.39, 0.29) is 5.41 Å². The zero-order valence-electron chi connectivity index (χ0n) is 20.9. The number of aliphatic hydroxyl groups is 3. The van der Waals surface area contributed by atoms with Crippen molar-refractivity contribution in [1.82, 2.24) is 0 Å². The molecule has 3 heteroatoms. The first-order chi connectivity index (χ1) is 15.0. The van der Waals surface area contributed by atoms with Gasteiger partial charge in [0.25, 0.3) is 0 Å². The van der Waals surface area contributed by atoms with Gasteiger partial charge in [-0.2, -0.15) is 0 Å². The molecule has 3 nitrogen and oxygen atoms in total. The van der Waals surface area contributed by atoms with Crippen LogP contribution in [0, 0.1) is 17.3 Å². The summed E-state index contributed by atoms with van der Waals surface area (Å²) in [4.78, 5) is 0. The first kappa shape index (κ1) is 25.5. The van der Waals surface area contributed by atoms with E-state index >= 15 is 0 Å². The fraction of sp³-hybridized carbons (Fsp3) is 0.724. The molecule has 3 aliphatic carbocycles. The van der Waals surface area contributed by atoms with E-state index in [2.05, 4.69) is 38.7 Å². The van der Waals surface area contributed by atoms with Gasteiger partial charge in [0.05, 0.1) is 17.8 Å². The lowest BCUT2D eigenvalue weighted by atomic mass is 9.58. The Morgan fingerprint density at radius 2 is 2.00 bits per heavy atom. The first-order valence-electron chi connectivity index (χ1n) is 12.9. The van der Waals surface area contributed by atoms with Crippen LogP contribution in [0.5, 0.6) is 0 Å². The van der Waals surface area contributed by atoms with Gasteiger partial charge in [-0.15, -0.1) is 0 Å². The van der Waals surface area contributed by atoms with Crippen molar-refractivity contribution in [2.45, 2.75) is 116 Å². The Labute approximate surface area is 196 Å². The van der Waals surface area contributed by atoms with Gasteiger partial charge in [0.2, 0.25) is 0 Å². The highest BCUT2D eigenvalue weighted by Crippen LogP contribution is 2.54. The van der Waals surface area contributed by atoms with E-state index in [4.69, 9.17) is 0 Å². The minimum atomic E-state index is -0.628. The van der Waals surface area contributed by atoms with E-state index in [1.807, 2.05) is 13.8 Å². The highest BCUT2D eigenvalue weighted by Gasteiger charge is 2.43. The lowest BCUT2D eigenvalue weighted by Gasteiger charge is -2.46. The molecule has 0 spiro atoms. The van der Waals surface area contributed by atoms with Crippen LogP contribution in [0.1, 0.15) is 98.3 Å². The average Bonchev–Trinajstić information content (AvgIpc) is 2.87. The Hall–Kier alpha value is -1.16. The van der Waals surface area contributed by atoms with Crippen molar-refractivity contribution < 1.29 is 15.3 Å². The molecule has 2 saturated carbocycles. The van der Waals surface area contributed by atoms with Gasteiger partial charge in [-0.1, -0.05) is 56.2 Å². The second kappa shape index (κ2) is 10.4. The maximum absolute atomic E-state index is 10.2. The quantitative estimate of drug-likeness (QED) is 0.417. The average molecular weight is 443 g/mol. The summed E-state index contributed by atoms with van der Waals surface area (Å²) < 4.78 is 0. The molecule has 0 amide bonds. The third-order valence-corrected chi connectivity index (χ3v) is 8.32. The molecule has 0 aliphatic heterocycles. The van der Waals surface area contributed by atoms with Gasteiger partial charge in [0.15, 0.2) is 0 Å². The van der Waals surface area contributed by atoms with Crippen LogP contribution in [0.2, 0.25) is 0 Å². The minimum absolute atomic E-state index is 0.204. The van der Waals surface area contributed by atoms with E-state index in [0.717, 1.165) is 36.8 Å². The molecule has 0 radical (unpaired) electrons. The lowest BCUT2D eigenvalue weighted by Crippen LogP contribution is -2.36. The molecule has 3 aliphatic rings. The zero-order chi connectivity index (χ0) is 23.5. The topological polar surface area (TPSA) is 60.7 Å². The number of fused-ring (bicyclic) bond motifs is 1. The number of allylic oxidation sites excluding steroid dienone is 5. The van der Waals surface area contributed by atoms with Crippen molar-refractivity contribution >= 4 is 0 Å². The van der Waals surface area contributed by atoms with E-state index < -0.39 is 17.8 Å². The maximum Gasteiger partial charge on any atom is 0.0811 e. The maximum atomic E-state index is 10.2. The molecule has 5 atom stereocenters. The van der Waals surface area contributed by atoms with Crippen LogP contribution >= 0.6 is 0 Å². The SMILES string of the molecule is C=C1/C(=C\C=C2/CCC[C@]3(C)C([C@H](C)CCCC(C)(C)O)=CCCC[C@@H]23)C[C@@H](O)C[C@@H]1O. The van der Waals surface area contributed by atoms with E-state index in [1.165, 1.54) is 37.7 Å². The Balaban J connectivity index is 1.80. The minimum Gasteiger partial charge on any atom is -0.393 e. The van der Waals surface area contributed by atoms with Crippen LogP contribution in [0.25, 0.3) is 0 Å². The predicted octanol–water partition coefficient (Wildman–Crippen LogP) is 6.41. The summed E-state index contributed by atoms with van der Waals surface area (Å²) in [5.41, 5.74) is 4.57. The van der Waals surface area contributed by atoms with Gasteiger partial charge in [-0.05, 0) is 100 Å².